The number of nitrogens with zero attached hydrogens (tertiary/aromatic N) is 1. The molecule has 0 spiro atoms. The molecule has 3 saturated carbocycles. The van der Waals surface area contributed by atoms with Crippen molar-refractivity contribution in [2.24, 2.45) is 23.5 Å². The van der Waals surface area contributed by atoms with Crippen molar-refractivity contribution in [2.75, 3.05) is 13.1 Å². The number of likely N-dealkylation sites (tertiary alicyclic amines) is 1. The molecule has 1 aliphatic heterocycles. The first-order chi connectivity index (χ1) is 11.7. The van der Waals surface area contributed by atoms with Gasteiger partial charge in [-0.25, -0.2) is 0 Å². The SMILES string of the molecule is NC1C2CCCC1CC(C(=O)NC1CCN(C3CCCC3)CC1)C2. The first-order valence-electron chi connectivity index (χ1n) is 10.5. The number of piperidine rings is 1. The normalized spacial score (nSPS) is 39.0. The summed E-state index contributed by atoms with van der Waals surface area (Å²) in [6.45, 7) is 2.35. The van der Waals surface area contributed by atoms with Crippen molar-refractivity contribution < 1.29 is 4.79 Å². The van der Waals surface area contributed by atoms with Crippen LogP contribution in [0.15, 0.2) is 0 Å². The van der Waals surface area contributed by atoms with Gasteiger partial charge in [-0.15, -0.1) is 0 Å². The maximum atomic E-state index is 12.8. The minimum atomic E-state index is 0.230. The Morgan fingerprint density at radius 3 is 2.12 bits per heavy atom. The first-order valence-corrected chi connectivity index (χ1v) is 10.5. The fourth-order valence-corrected chi connectivity index (χ4v) is 6.00. The molecule has 0 radical (unpaired) electrons. The molecule has 4 aliphatic rings. The number of amides is 1. The van der Waals surface area contributed by atoms with E-state index in [1.54, 1.807) is 0 Å². The summed E-state index contributed by atoms with van der Waals surface area (Å²) in [7, 11) is 0. The summed E-state index contributed by atoms with van der Waals surface area (Å²) in [5.74, 6) is 1.75. The van der Waals surface area contributed by atoms with Crippen LogP contribution in [0.3, 0.4) is 0 Å². The second kappa shape index (κ2) is 7.33. The zero-order valence-corrected chi connectivity index (χ0v) is 15.1. The van der Waals surface area contributed by atoms with Crippen molar-refractivity contribution in [2.45, 2.75) is 88.8 Å². The van der Waals surface area contributed by atoms with Crippen LogP contribution in [0.2, 0.25) is 0 Å². The second-order valence-electron chi connectivity index (χ2n) is 8.95. The molecule has 2 unspecified atom stereocenters. The van der Waals surface area contributed by atoms with Gasteiger partial charge in [0, 0.05) is 37.1 Å². The number of hydrogen-bond acceptors (Lipinski definition) is 3. The number of rotatable bonds is 3. The Morgan fingerprint density at radius 1 is 0.875 bits per heavy atom. The van der Waals surface area contributed by atoms with Gasteiger partial charge in [0.1, 0.15) is 0 Å². The zero-order chi connectivity index (χ0) is 16.5. The van der Waals surface area contributed by atoms with Gasteiger partial charge in [-0.1, -0.05) is 19.3 Å². The smallest absolute Gasteiger partial charge is 0.223 e. The number of hydrogen-bond donors (Lipinski definition) is 2. The van der Waals surface area contributed by atoms with E-state index in [0.717, 1.165) is 31.7 Å². The van der Waals surface area contributed by atoms with Crippen LogP contribution < -0.4 is 11.1 Å². The van der Waals surface area contributed by atoms with E-state index < -0.39 is 0 Å². The third-order valence-corrected chi connectivity index (χ3v) is 7.50. The van der Waals surface area contributed by atoms with Crippen LogP contribution >= 0.6 is 0 Å². The Bertz CT molecular complexity index is 426. The average molecular weight is 334 g/mol. The van der Waals surface area contributed by atoms with Gasteiger partial charge in [0.25, 0.3) is 0 Å². The number of carbonyl (C=O) groups is 1. The molecule has 1 amide bonds. The molecule has 0 aromatic heterocycles. The molecule has 3 N–H and O–H groups in total. The minimum Gasteiger partial charge on any atom is -0.353 e. The lowest BCUT2D eigenvalue weighted by molar-refractivity contribution is -0.129. The highest BCUT2D eigenvalue weighted by atomic mass is 16.1. The van der Waals surface area contributed by atoms with Crippen molar-refractivity contribution in [3.8, 4) is 0 Å². The second-order valence-corrected chi connectivity index (χ2v) is 8.95. The van der Waals surface area contributed by atoms with Crippen molar-refractivity contribution in [1.29, 1.82) is 0 Å². The van der Waals surface area contributed by atoms with E-state index in [2.05, 4.69) is 10.2 Å². The Labute approximate surface area is 146 Å². The van der Waals surface area contributed by atoms with Crippen LogP contribution in [0.5, 0.6) is 0 Å². The van der Waals surface area contributed by atoms with Crippen LogP contribution in [0.4, 0.5) is 0 Å². The van der Waals surface area contributed by atoms with Crippen LogP contribution in [0.1, 0.15) is 70.6 Å². The van der Waals surface area contributed by atoms with E-state index in [1.165, 1.54) is 58.0 Å². The van der Waals surface area contributed by atoms with E-state index in [1.807, 2.05) is 0 Å². The predicted octanol–water partition coefficient (Wildman–Crippen LogP) is 2.66. The zero-order valence-electron chi connectivity index (χ0n) is 15.1. The van der Waals surface area contributed by atoms with E-state index in [-0.39, 0.29) is 5.92 Å². The molecule has 2 atom stereocenters. The third kappa shape index (κ3) is 3.50. The number of carbonyl (C=O) groups excluding carboxylic acids is 1. The molecule has 136 valence electrons. The maximum Gasteiger partial charge on any atom is 0.223 e. The monoisotopic (exact) mass is 333 g/mol. The van der Waals surface area contributed by atoms with Gasteiger partial charge in [-0.05, 0) is 63.2 Å². The predicted molar refractivity (Wildman–Crippen MR) is 96.5 cm³/mol. The first kappa shape index (κ1) is 16.8. The Morgan fingerprint density at radius 2 is 1.50 bits per heavy atom. The molecule has 0 aromatic rings. The lowest BCUT2D eigenvalue weighted by atomic mass is 9.65. The molecular weight excluding hydrogens is 298 g/mol. The minimum absolute atomic E-state index is 0.230. The fourth-order valence-electron chi connectivity index (χ4n) is 6.00. The Hall–Kier alpha value is -0.610. The highest BCUT2D eigenvalue weighted by Crippen LogP contribution is 2.42. The van der Waals surface area contributed by atoms with Crippen LogP contribution in [0, 0.1) is 17.8 Å². The van der Waals surface area contributed by atoms with Gasteiger partial charge < -0.3 is 16.0 Å². The van der Waals surface area contributed by atoms with Crippen LogP contribution in [-0.4, -0.2) is 42.0 Å². The molecule has 1 saturated heterocycles. The third-order valence-electron chi connectivity index (χ3n) is 7.50. The summed E-state index contributed by atoms with van der Waals surface area (Å²) in [5, 5.41) is 3.40. The van der Waals surface area contributed by atoms with E-state index in [0.29, 0.717) is 29.8 Å². The Balaban J connectivity index is 1.25. The van der Waals surface area contributed by atoms with Crippen molar-refractivity contribution in [3.63, 3.8) is 0 Å². The quantitative estimate of drug-likeness (QED) is 0.835. The molecule has 4 rings (SSSR count). The summed E-state index contributed by atoms with van der Waals surface area (Å²) in [5.41, 5.74) is 6.37. The maximum absolute atomic E-state index is 12.8. The number of fused-ring (bicyclic) bond motifs is 2. The van der Waals surface area contributed by atoms with E-state index in [4.69, 9.17) is 5.73 Å². The fraction of sp³-hybridized carbons (Fsp3) is 0.950. The molecule has 1 heterocycles. The molecule has 4 fully saturated rings. The highest BCUT2D eigenvalue weighted by molar-refractivity contribution is 5.79. The lowest BCUT2D eigenvalue weighted by Gasteiger charge is -2.44. The van der Waals surface area contributed by atoms with Crippen molar-refractivity contribution >= 4 is 5.91 Å². The molecule has 4 nitrogen and oxygen atoms in total. The summed E-state index contributed by atoms with van der Waals surface area (Å²) in [6.07, 6.45) is 13.7. The lowest BCUT2D eigenvalue weighted by Crippen LogP contribution is -2.52. The van der Waals surface area contributed by atoms with Gasteiger partial charge >= 0.3 is 0 Å². The number of nitrogens with one attached hydrogen (secondary N) is 1. The van der Waals surface area contributed by atoms with Gasteiger partial charge in [-0.3, -0.25) is 4.79 Å². The van der Waals surface area contributed by atoms with Gasteiger partial charge in [0.2, 0.25) is 5.91 Å². The molecule has 3 aliphatic carbocycles. The standard InChI is InChI=1S/C20H35N3O/c21-19-14-4-3-5-15(19)13-16(12-14)20(24)22-17-8-10-23(11-9-17)18-6-1-2-7-18/h14-19H,1-13,21H2,(H,22,24). The van der Waals surface area contributed by atoms with E-state index >= 15 is 0 Å². The van der Waals surface area contributed by atoms with Crippen LogP contribution in [-0.2, 0) is 4.79 Å². The van der Waals surface area contributed by atoms with Crippen molar-refractivity contribution in [1.82, 2.24) is 10.2 Å². The van der Waals surface area contributed by atoms with Crippen LogP contribution in [0.25, 0.3) is 0 Å². The number of nitrogens with two attached hydrogens (primary N) is 1. The molecule has 2 bridgehead atoms. The largest absolute Gasteiger partial charge is 0.353 e. The van der Waals surface area contributed by atoms with Crippen molar-refractivity contribution in [3.05, 3.63) is 0 Å². The summed E-state index contributed by atoms with van der Waals surface area (Å²) in [4.78, 5) is 15.5. The highest BCUT2D eigenvalue weighted by Gasteiger charge is 2.41. The summed E-state index contributed by atoms with van der Waals surface area (Å²) in [6, 6.07) is 1.60. The van der Waals surface area contributed by atoms with Gasteiger partial charge in [-0.2, -0.15) is 0 Å². The van der Waals surface area contributed by atoms with Gasteiger partial charge in [0.05, 0.1) is 0 Å². The molecular formula is C20H35N3O. The Kier molecular flexibility index (Phi) is 5.14. The van der Waals surface area contributed by atoms with E-state index in [9.17, 15) is 4.79 Å². The topological polar surface area (TPSA) is 58.4 Å². The molecule has 4 heteroatoms. The molecule has 0 aromatic carbocycles. The summed E-state index contributed by atoms with van der Waals surface area (Å²) < 4.78 is 0. The average Bonchev–Trinajstić information content (AvgIpc) is 3.09. The van der Waals surface area contributed by atoms with Gasteiger partial charge in [0.15, 0.2) is 0 Å². The summed E-state index contributed by atoms with van der Waals surface area (Å²) >= 11 is 0. The molecule has 24 heavy (non-hydrogen) atoms.